The van der Waals surface area contributed by atoms with Crippen molar-refractivity contribution in [1.29, 1.82) is 0 Å². The zero-order valence-electron chi connectivity index (χ0n) is 33.5. The molecule has 0 amide bonds. The van der Waals surface area contributed by atoms with Gasteiger partial charge in [0.2, 0.25) is 0 Å². The van der Waals surface area contributed by atoms with Gasteiger partial charge in [-0.2, -0.15) is 0 Å². The van der Waals surface area contributed by atoms with Crippen molar-refractivity contribution in [2.75, 3.05) is 9.80 Å². The third-order valence-corrected chi connectivity index (χ3v) is 13.1. The van der Waals surface area contributed by atoms with Crippen LogP contribution in [0.2, 0.25) is 0 Å². The highest BCUT2D eigenvalue weighted by molar-refractivity contribution is 6.29. The van der Waals surface area contributed by atoms with E-state index >= 15 is 0 Å². The molecule has 4 nitrogen and oxygen atoms in total. The molecule has 0 saturated heterocycles. The van der Waals surface area contributed by atoms with Gasteiger partial charge in [0.05, 0.1) is 34.1 Å². The van der Waals surface area contributed by atoms with E-state index in [-0.39, 0.29) is 0 Å². The molecule has 0 spiro atoms. The number of benzene rings is 10. The highest BCUT2D eigenvalue weighted by Crippen LogP contribution is 2.53. The van der Waals surface area contributed by atoms with Crippen molar-refractivity contribution in [2.45, 2.75) is 27.2 Å². The van der Waals surface area contributed by atoms with Crippen molar-refractivity contribution < 1.29 is 8.83 Å². The maximum absolute atomic E-state index is 6.77. The highest BCUT2D eigenvalue weighted by atomic mass is 16.3. The SMILES string of the molecule is Cc1cccc(C)c1N(c1ccc2ccc3c(N(c4c(C)ccc5c4C5)c4cccc5c4oc4ccccc45)ccc4ccc1c2c43)c1cccc2c1oc1ccccc12. The molecule has 4 heteroatoms. The van der Waals surface area contributed by atoms with Crippen LogP contribution in [0.25, 0.3) is 76.2 Å². The summed E-state index contributed by atoms with van der Waals surface area (Å²) in [4.78, 5) is 4.93. The Bertz CT molecular complexity index is 3520. The van der Waals surface area contributed by atoms with Gasteiger partial charge < -0.3 is 18.6 Å². The molecule has 1 aliphatic rings. The van der Waals surface area contributed by atoms with E-state index in [1.54, 1.807) is 0 Å². The standard InChI is InChI=1S/C56H38N2O2/c1-32-11-8-12-33(2)53(32)57(47-17-9-15-40-38-13-4-6-19-49(38)59-55(40)47)45-29-25-35-24-28-43-46(30-26-36-23-27-42(45)51(35)52(36)43)58(54-34(3)21-22-37-31-44(37)54)48-18-10-16-41-39-14-5-7-20-50(39)60-56(41)48/h4-30H,31H2,1-3H3. The number of hydrogen-bond donors (Lipinski definition) is 0. The molecule has 0 radical (unpaired) electrons. The molecule has 0 atom stereocenters. The molecular formula is C56H38N2O2. The summed E-state index contributed by atoms with van der Waals surface area (Å²) in [5.41, 5.74) is 16.7. The van der Waals surface area contributed by atoms with Crippen LogP contribution in [-0.4, -0.2) is 0 Å². The predicted molar refractivity (Wildman–Crippen MR) is 251 cm³/mol. The molecule has 0 aliphatic heterocycles. The Balaban J connectivity index is 1.11. The van der Waals surface area contributed by atoms with Crippen molar-refractivity contribution in [1.82, 2.24) is 0 Å². The van der Waals surface area contributed by atoms with E-state index in [2.05, 4.69) is 188 Å². The van der Waals surface area contributed by atoms with Crippen LogP contribution in [0, 0.1) is 20.8 Å². The summed E-state index contributed by atoms with van der Waals surface area (Å²) < 4.78 is 13.5. The predicted octanol–water partition coefficient (Wildman–Crippen LogP) is 16.2. The average molecular weight is 771 g/mol. The molecule has 2 heterocycles. The summed E-state index contributed by atoms with van der Waals surface area (Å²) in [6, 6.07) is 59.5. The molecule has 60 heavy (non-hydrogen) atoms. The molecule has 12 aromatic rings. The minimum absolute atomic E-state index is 0.878. The fourth-order valence-corrected chi connectivity index (χ4v) is 10.3. The second-order valence-corrected chi connectivity index (χ2v) is 16.6. The lowest BCUT2D eigenvalue weighted by molar-refractivity contribution is 0.668. The van der Waals surface area contributed by atoms with Crippen LogP contribution in [0.1, 0.15) is 27.8 Å². The van der Waals surface area contributed by atoms with Crippen LogP contribution < -0.4 is 9.80 Å². The lowest BCUT2D eigenvalue weighted by Gasteiger charge is -2.31. The smallest absolute Gasteiger partial charge is 0.159 e. The highest BCUT2D eigenvalue weighted by Gasteiger charge is 2.31. The van der Waals surface area contributed by atoms with Crippen molar-refractivity contribution in [3.8, 4) is 0 Å². The van der Waals surface area contributed by atoms with E-state index in [0.717, 1.165) is 78.7 Å². The van der Waals surface area contributed by atoms with Gasteiger partial charge in [-0.1, -0.05) is 127 Å². The van der Waals surface area contributed by atoms with Gasteiger partial charge in [-0.15, -0.1) is 0 Å². The maximum atomic E-state index is 6.77. The number of nitrogens with zero attached hydrogens (tertiary/aromatic N) is 2. The van der Waals surface area contributed by atoms with Crippen molar-refractivity contribution in [3.63, 3.8) is 0 Å². The van der Waals surface area contributed by atoms with Crippen LogP contribution in [-0.2, 0) is 6.42 Å². The van der Waals surface area contributed by atoms with Crippen molar-refractivity contribution in [2.24, 2.45) is 0 Å². The number of rotatable bonds is 6. The minimum atomic E-state index is 0.878. The fraction of sp³-hybridized carbons (Fsp3) is 0.0714. The molecular weight excluding hydrogens is 733 g/mol. The Morgan fingerprint density at radius 1 is 0.367 bits per heavy atom. The van der Waals surface area contributed by atoms with E-state index < -0.39 is 0 Å². The van der Waals surface area contributed by atoms with Gasteiger partial charge in [0.25, 0.3) is 0 Å². The van der Waals surface area contributed by atoms with Gasteiger partial charge in [0.1, 0.15) is 11.2 Å². The van der Waals surface area contributed by atoms with Gasteiger partial charge in [-0.3, -0.25) is 0 Å². The van der Waals surface area contributed by atoms with E-state index in [9.17, 15) is 0 Å². The normalized spacial score (nSPS) is 12.5. The van der Waals surface area contributed by atoms with E-state index in [0.29, 0.717) is 0 Å². The van der Waals surface area contributed by atoms with E-state index in [4.69, 9.17) is 8.83 Å². The first-order chi connectivity index (χ1) is 29.5. The number of fused-ring (bicyclic) bond motifs is 7. The van der Waals surface area contributed by atoms with Crippen LogP contribution in [0.4, 0.5) is 34.1 Å². The molecule has 0 saturated carbocycles. The topological polar surface area (TPSA) is 32.8 Å². The zero-order chi connectivity index (χ0) is 39.8. The van der Waals surface area contributed by atoms with Gasteiger partial charge in [0.15, 0.2) is 11.2 Å². The molecule has 2 aromatic heterocycles. The largest absolute Gasteiger partial charge is 0.454 e. The zero-order valence-corrected chi connectivity index (χ0v) is 33.5. The molecule has 1 aliphatic carbocycles. The van der Waals surface area contributed by atoms with Crippen LogP contribution in [0.5, 0.6) is 0 Å². The molecule has 0 fully saturated rings. The van der Waals surface area contributed by atoms with Gasteiger partial charge >= 0.3 is 0 Å². The Morgan fingerprint density at radius 3 is 1.40 bits per heavy atom. The minimum Gasteiger partial charge on any atom is -0.454 e. The third kappa shape index (κ3) is 4.62. The van der Waals surface area contributed by atoms with E-state index in [1.165, 1.54) is 65.8 Å². The maximum Gasteiger partial charge on any atom is 0.159 e. The quantitative estimate of drug-likeness (QED) is 0.158. The molecule has 284 valence electrons. The first kappa shape index (κ1) is 33.4. The molecule has 10 aromatic carbocycles. The monoisotopic (exact) mass is 770 g/mol. The summed E-state index contributed by atoms with van der Waals surface area (Å²) in [6.07, 6.45) is 0.997. The second-order valence-electron chi connectivity index (χ2n) is 16.6. The number of furan rings is 2. The molecule has 0 N–H and O–H groups in total. The van der Waals surface area contributed by atoms with Gasteiger partial charge in [-0.05, 0) is 107 Å². The summed E-state index contributed by atoms with van der Waals surface area (Å²) in [6.45, 7) is 6.67. The Kier molecular flexibility index (Phi) is 6.81. The van der Waals surface area contributed by atoms with Gasteiger partial charge in [0, 0.05) is 38.7 Å². The van der Waals surface area contributed by atoms with Gasteiger partial charge in [-0.25, -0.2) is 0 Å². The van der Waals surface area contributed by atoms with Crippen molar-refractivity contribution in [3.05, 3.63) is 192 Å². The average Bonchev–Trinajstić information content (AvgIpc) is 3.82. The lowest BCUT2D eigenvalue weighted by atomic mass is 9.91. The third-order valence-electron chi connectivity index (χ3n) is 13.1. The molecule has 0 bridgehead atoms. The number of hydrogen-bond acceptors (Lipinski definition) is 4. The summed E-state index contributed by atoms with van der Waals surface area (Å²) in [5, 5.41) is 11.8. The van der Waals surface area contributed by atoms with Crippen LogP contribution in [0.3, 0.4) is 0 Å². The first-order valence-electron chi connectivity index (χ1n) is 20.8. The van der Waals surface area contributed by atoms with Crippen LogP contribution >= 0.6 is 0 Å². The molecule has 13 rings (SSSR count). The summed E-state index contributed by atoms with van der Waals surface area (Å²) in [5.74, 6) is 0. The first-order valence-corrected chi connectivity index (χ1v) is 20.8. The Hall–Kier alpha value is -7.56. The van der Waals surface area contributed by atoms with Crippen LogP contribution in [0.15, 0.2) is 173 Å². The molecule has 0 unspecified atom stereocenters. The second kappa shape index (κ2) is 12.2. The number of anilines is 6. The van der Waals surface area contributed by atoms with Crippen molar-refractivity contribution >= 4 is 110 Å². The fourth-order valence-electron chi connectivity index (χ4n) is 10.3. The Labute approximate surface area is 346 Å². The lowest BCUT2D eigenvalue weighted by Crippen LogP contribution is -2.14. The number of aryl methyl sites for hydroxylation is 3. The summed E-state index contributed by atoms with van der Waals surface area (Å²) in [7, 11) is 0. The van der Waals surface area contributed by atoms with E-state index in [1.807, 2.05) is 6.07 Å². The number of para-hydroxylation sites is 5. The summed E-state index contributed by atoms with van der Waals surface area (Å²) >= 11 is 0. The Morgan fingerprint density at radius 2 is 0.833 bits per heavy atom.